The second-order valence-corrected chi connectivity index (χ2v) is 13.3. The first-order chi connectivity index (χ1) is 21.8. The van der Waals surface area contributed by atoms with Crippen molar-refractivity contribution in [3.05, 3.63) is 103 Å². The highest BCUT2D eigenvalue weighted by molar-refractivity contribution is 7.91. The maximum atomic E-state index is 12.6. The molecule has 4 heterocycles. The number of nitrogens with one attached hydrogen (secondary N) is 1. The summed E-state index contributed by atoms with van der Waals surface area (Å²) in [4.78, 5) is 16.3. The van der Waals surface area contributed by atoms with Gasteiger partial charge in [0.15, 0.2) is 15.7 Å². The zero-order valence-corrected chi connectivity index (χ0v) is 26.2. The molecule has 3 aromatic heterocycles. The fourth-order valence-electron chi connectivity index (χ4n) is 5.96. The van der Waals surface area contributed by atoms with Gasteiger partial charge in [0.05, 0.1) is 34.7 Å². The van der Waals surface area contributed by atoms with Crippen molar-refractivity contribution in [1.82, 2.24) is 24.4 Å². The predicted octanol–water partition coefficient (Wildman–Crippen LogP) is 5.63. The number of likely N-dealkylation sites (tertiary alicyclic amines) is 1. The van der Waals surface area contributed by atoms with Crippen molar-refractivity contribution in [1.29, 1.82) is 0 Å². The summed E-state index contributed by atoms with van der Waals surface area (Å²) in [6, 6.07) is 22.7. The maximum Gasteiger partial charge on any atom is 0.181 e. The van der Waals surface area contributed by atoms with Crippen molar-refractivity contribution in [2.75, 3.05) is 37.0 Å². The highest BCUT2D eigenvalue weighted by Crippen LogP contribution is 2.40. The van der Waals surface area contributed by atoms with Gasteiger partial charge in [-0.05, 0) is 68.4 Å². The molecular weight excluding hydrogens is 586 g/mol. The summed E-state index contributed by atoms with van der Waals surface area (Å²) in [6.45, 7) is 4.71. The number of hydrogen-bond acceptors (Lipinski definition) is 9. The number of aromatic nitrogens is 4. The molecule has 3 N–H and O–H groups in total. The monoisotopic (exact) mass is 623 g/mol. The van der Waals surface area contributed by atoms with Crippen LogP contribution in [0.4, 0.5) is 11.5 Å². The fourth-order valence-corrected chi connectivity index (χ4v) is 7.08. The third kappa shape index (κ3) is 6.69. The Morgan fingerprint density at radius 2 is 1.82 bits per heavy atom. The van der Waals surface area contributed by atoms with Gasteiger partial charge in [0.2, 0.25) is 0 Å². The van der Waals surface area contributed by atoms with Gasteiger partial charge in [0.25, 0.3) is 0 Å². The Labute approximate surface area is 263 Å². The van der Waals surface area contributed by atoms with E-state index in [2.05, 4.69) is 47.9 Å². The second-order valence-electron chi connectivity index (χ2n) is 11.2. The molecule has 0 bridgehead atoms. The van der Waals surface area contributed by atoms with E-state index in [0.29, 0.717) is 16.5 Å². The van der Waals surface area contributed by atoms with Crippen LogP contribution in [0.5, 0.6) is 5.75 Å². The predicted molar refractivity (Wildman–Crippen MR) is 178 cm³/mol. The Balaban J connectivity index is 1.23. The van der Waals surface area contributed by atoms with Crippen molar-refractivity contribution in [3.8, 4) is 17.0 Å². The standard InChI is InChI=1S/C34H37N7O3S/c1-24-8-6-9-26(39-24)22-40-17-14-27(15-18-40)41-31(21-30-33(41)34(35)38-23-37-30)29-13-12-25(20-32(29)44-2)36-16-7-19-45(42,43)28-10-4-3-5-11-28/h3-13,16,20-21,23,27,36H,14-15,17-19,22H2,1-2H3,(H2,35,37,38). The number of pyridine rings is 1. The first-order valence-electron chi connectivity index (χ1n) is 15.0. The van der Waals surface area contributed by atoms with Gasteiger partial charge < -0.3 is 20.4 Å². The molecule has 0 radical (unpaired) electrons. The zero-order chi connectivity index (χ0) is 31.4. The minimum Gasteiger partial charge on any atom is -0.496 e. The van der Waals surface area contributed by atoms with Crippen LogP contribution < -0.4 is 15.8 Å². The highest BCUT2D eigenvalue weighted by Gasteiger charge is 2.27. The van der Waals surface area contributed by atoms with Gasteiger partial charge in [0.1, 0.15) is 17.6 Å². The minimum absolute atomic E-state index is 0.109. The quantitative estimate of drug-likeness (QED) is 0.203. The number of aryl methyl sites for hydroxylation is 1. The van der Waals surface area contributed by atoms with E-state index in [1.165, 1.54) is 6.33 Å². The number of nitrogens with zero attached hydrogens (tertiary/aromatic N) is 5. The first kappa shape index (κ1) is 30.3. The number of methoxy groups -OCH3 is 1. The number of benzene rings is 2. The Hall–Kier alpha value is -4.74. The molecule has 1 aliphatic rings. The van der Waals surface area contributed by atoms with Crippen LogP contribution in [-0.2, 0) is 16.4 Å². The van der Waals surface area contributed by atoms with Gasteiger partial charge in [0, 0.05) is 48.7 Å². The van der Waals surface area contributed by atoms with Crippen molar-refractivity contribution in [2.45, 2.75) is 37.2 Å². The number of sulfone groups is 1. The molecular formula is C34H37N7O3S. The molecule has 2 aromatic carbocycles. The highest BCUT2D eigenvalue weighted by atomic mass is 32.2. The van der Waals surface area contributed by atoms with Crippen LogP contribution in [0.25, 0.3) is 22.3 Å². The number of nitrogens with two attached hydrogens (primary N) is 1. The van der Waals surface area contributed by atoms with Gasteiger partial charge in [-0.2, -0.15) is 0 Å². The average molecular weight is 624 g/mol. The molecule has 1 aliphatic heterocycles. The molecule has 0 saturated carbocycles. The second kappa shape index (κ2) is 13.1. The van der Waals surface area contributed by atoms with E-state index >= 15 is 0 Å². The Bertz CT molecular complexity index is 1930. The smallest absolute Gasteiger partial charge is 0.181 e. The van der Waals surface area contributed by atoms with E-state index < -0.39 is 9.84 Å². The summed E-state index contributed by atoms with van der Waals surface area (Å²) < 4.78 is 33.3. The number of rotatable bonds is 10. The number of hydrogen-bond donors (Lipinski definition) is 2. The summed E-state index contributed by atoms with van der Waals surface area (Å²) in [7, 11) is -1.76. The zero-order valence-electron chi connectivity index (χ0n) is 25.4. The molecule has 10 nitrogen and oxygen atoms in total. The Morgan fingerprint density at radius 1 is 1.02 bits per heavy atom. The fraction of sp³-hybridized carbons (Fsp3) is 0.265. The van der Waals surface area contributed by atoms with Gasteiger partial charge in [-0.1, -0.05) is 30.3 Å². The molecule has 45 heavy (non-hydrogen) atoms. The van der Waals surface area contributed by atoms with Gasteiger partial charge >= 0.3 is 0 Å². The lowest BCUT2D eigenvalue weighted by atomic mass is 10.0. The Morgan fingerprint density at radius 3 is 2.58 bits per heavy atom. The van der Waals surface area contributed by atoms with Crippen molar-refractivity contribution in [3.63, 3.8) is 0 Å². The number of nitrogen functional groups attached to an aromatic ring is 1. The molecule has 1 fully saturated rings. The summed E-state index contributed by atoms with van der Waals surface area (Å²) in [6.07, 6.45) is 6.62. The number of piperidine rings is 1. The molecule has 0 amide bonds. The van der Waals surface area contributed by atoms with Crippen LogP contribution in [0.2, 0.25) is 0 Å². The molecule has 1 saturated heterocycles. The van der Waals surface area contributed by atoms with Crippen molar-refractivity contribution in [2.24, 2.45) is 0 Å². The van der Waals surface area contributed by atoms with Crippen LogP contribution >= 0.6 is 0 Å². The molecule has 0 spiro atoms. The lowest BCUT2D eigenvalue weighted by Crippen LogP contribution is -2.34. The molecule has 5 aromatic rings. The van der Waals surface area contributed by atoms with Crippen molar-refractivity contribution >= 4 is 32.4 Å². The summed E-state index contributed by atoms with van der Waals surface area (Å²) in [5.74, 6) is 1.01. The maximum absolute atomic E-state index is 12.6. The van der Waals surface area contributed by atoms with Crippen LogP contribution in [0.1, 0.15) is 30.3 Å². The van der Waals surface area contributed by atoms with Gasteiger partial charge in [-0.3, -0.25) is 9.88 Å². The SMILES string of the molecule is COc1cc(NC=CCS(=O)(=O)c2ccccc2)ccc1-c1cc2ncnc(N)c2n1C1CCN(Cc2cccc(C)n2)CC1. The van der Waals surface area contributed by atoms with E-state index in [1.54, 1.807) is 49.7 Å². The lowest BCUT2D eigenvalue weighted by molar-refractivity contribution is 0.180. The molecule has 0 unspecified atom stereocenters. The van der Waals surface area contributed by atoms with Crippen molar-refractivity contribution < 1.29 is 13.2 Å². The van der Waals surface area contributed by atoms with Crippen LogP contribution in [0.3, 0.4) is 0 Å². The first-order valence-corrected chi connectivity index (χ1v) is 16.6. The molecule has 232 valence electrons. The van der Waals surface area contributed by atoms with Crippen LogP contribution in [0, 0.1) is 6.92 Å². The van der Waals surface area contributed by atoms with E-state index in [9.17, 15) is 8.42 Å². The molecule has 6 rings (SSSR count). The number of fused-ring (bicyclic) bond motifs is 1. The number of anilines is 2. The van der Waals surface area contributed by atoms with Gasteiger partial charge in [-0.25, -0.2) is 18.4 Å². The molecule has 0 aliphatic carbocycles. The third-order valence-electron chi connectivity index (χ3n) is 8.17. The summed E-state index contributed by atoms with van der Waals surface area (Å²) in [5.41, 5.74) is 12.8. The van der Waals surface area contributed by atoms with E-state index in [0.717, 1.165) is 71.8 Å². The normalized spacial score (nSPS) is 14.7. The molecule has 11 heteroatoms. The Kier molecular flexibility index (Phi) is 8.81. The number of ether oxygens (including phenoxy) is 1. The van der Waals surface area contributed by atoms with E-state index in [1.807, 2.05) is 31.2 Å². The minimum atomic E-state index is -3.41. The van der Waals surface area contributed by atoms with Gasteiger partial charge in [-0.15, -0.1) is 0 Å². The van der Waals surface area contributed by atoms with E-state index in [4.69, 9.17) is 10.5 Å². The summed E-state index contributed by atoms with van der Waals surface area (Å²) in [5, 5.41) is 3.18. The van der Waals surface area contributed by atoms with Crippen LogP contribution in [0.15, 0.2) is 96.3 Å². The molecule has 0 atom stereocenters. The summed E-state index contributed by atoms with van der Waals surface area (Å²) >= 11 is 0. The lowest BCUT2D eigenvalue weighted by Gasteiger charge is -2.34. The van der Waals surface area contributed by atoms with Crippen LogP contribution in [-0.4, -0.2) is 58.8 Å². The third-order valence-corrected chi connectivity index (χ3v) is 9.79. The topological polar surface area (TPSA) is 128 Å². The largest absolute Gasteiger partial charge is 0.496 e. The van der Waals surface area contributed by atoms with E-state index in [-0.39, 0.29) is 11.8 Å². The average Bonchev–Trinajstić information content (AvgIpc) is 3.44.